The maximum absolute atomic E-state index is 4.36. The molecule has 1 atom stereocenters. The molecule has 1 unspecified atom stereocenters. The Labute approximate surface area is 111 Å². The first-order valence-electron chi connectivity index (χ1n) is 6.72. The van der Waals surface area contributed by atoms with Gasteiger partial charge < -0.3 is 5.32 Å². The molecule has 1 rings (SSSR count). The van der Waals surface area contributed by atoms with Crippen LogP contribution in [0.1, 0.15) is 26.6 Å². The van der Waals surface area contributed by atoms with Gasteiger partial charge >= 0.3 is 0 Å². The molecule has 5 nitrogen and oxygen atoms in total. The summed E-state index contributed by atoms with van der Waals surface area (Å²) < 4.78 is 2.02. The van der Waals surface area contributed by atoms with E-state index < -0.39 is 0 Å². The second kappa shape index (κ2) is 7.48. The molecule has 0 saturated heterocycles. The third-order valence-electron chi connectivity index (χ3n) is 2.82. The Morgan fingerprint density at radius 3 is 2.72 bits per heavy atom. The molecule has 1 aromatic heterocycles. The Kier molecular flexibility index (Phi) is 6.29. The summed E-state index contributed by atoms with van der Waals surface area (Å²) in [7, 11) is 4.14. The van der Waals surface area contributed by atoms with Crippen LogP contribution in [0.2, 0.25) is 0 Å². The van der Waals surface area contributed by atoms with Crippen molar-refractivity contribution in [3.8, 4) is 0 Å². The molecule has 1 aromatic rings. The van der Waals surface area contributed by atoms with Crippen LogP contribution >= 0.6 is 0 Å². The van der Waals surface area contributed by atoms with E-state index >= 15 is 0 Å². The molecule has 1 heterocycles. The normalized spacial score (nSPS) is 13.5. The van der Waals surface area contributed by atoms with Gasteiger partial charge in [0, 0.05) is 13.1 Å². The molecule has 0 aromatic carbocycles. The van der Waals surface area contributed by atoms with Crippen molar-refractivity contribution < 1.29 is 0 Å². The molecule has 0 bridgehead atoms. The van der Waals surface area contributed by atoms with E-state index in [0.717, 1.165) is 32.0 Å². The van der Waals surface area contributed by atoms with E-state index in [1.54, 1.807) is 6.33 Å². The summed E-state index contributed by atoms with van der Waals surface area (Å²) in [6.07, 6.45) is 1.66. The van der Waals surface area contributed by atoms with Crippen LogP contribution in [-0.4, -0.2) is 46.8 Å². The lowest BCUT2D eigenvalue weighted by Crippen LogP contribution is -2.30. The van der Waals surface area contributed by atoms with Crippen LogP contribution in [0, 0.1) is 11.8 Å². The molecule has 0 saturated carbocycles. The largest absolute Gasteiger partial charge is 0.319 e. The third kappa shape index (κ3) is 5.14. The van der Waals surface area contributed by atoms with Crippen LogP contribution in [0.25, 0.3) is 0 Å². The summed E-state index contributed by atoms with van der Waals surface area (Å²) in [4.78, 5) is 6.67. The third-order valence-corrected chi connectivity index (χ3v) is 2.82. The molecule has 0 amide bonds. The zero-order valence-electron chi connectivity index (χ0n) is 12.3. The van der Waals surface area contributed by atoms with Crippen molar-refractivity contribution in [2.24, 2.45) is 11.8 Å². The van der Waals surface area contributed by atoms with E-state index in [1.807, 2.05) is 11.7 Å². The van der Waals surface area contributed by atoms with Crippen LogP contribution in [0.3, 0.4) is 0 Å². The van der Waals surface area contributed by atoms with Gasteiger partial charge in [-0.1, -0.05) is 20.8 Å². The number of nitrogens with zero attached hydrogens (tertiary/aromatic N) is 4. The first kappa shape index (κ1) is 15.1. The lowest BCUT2D eigenvalue weighted by atomic mass is 10.1. The quantitative estimate of drug-likeness (QED) is 0.757. The minimum atomic E-state index is 0.596. The molecule has 5 heteroatoms. The van der Waals surface area contributed by atoms with E-state index in [-0.39, 0.29) is 0 Å². The lowest BCUT2D eigenvalue weighted by molar-refractivity contribution is 0.263. The molecule has 0 aliphatic heterocycles. The Bertz CT molecular complexity index is 334. The van der Waals surface area contributed by atoms with Gasteiger partial charge in [0.2, 0.25) is 0 Å². The van der Waals surface area contributed by atoms with Crippen LogP contribution in [0.5, 0.6) is 0 Å². The molecule has 18 heavy (non-hydrogen) atoms. The number of aromatic nitrogens is 3. The van der Waals surface area contributed by atoms with Crippen molar-refractivity contribution in [3.63, 3.8) is 0 Å². The predicted molar refractivity (Wildman–Crippen MR) is 74.3 cm³/mol. The highest BCUT2D eigenvalue weighted by atomic mass is 15.3. The standard InChI is InChI=1S/C13H27N5/c1-11(2)7-18-13(15-10-16-18)9-17(5)8-12(3)6-14-4/h10-12,14H,6-9H2,1-5H3. The Morgan fingerprint density at radius 1 is 1.39 bits per heavy atom. The summed E-state index contributed by atoms with van der Waals surface area (Å²) in [6.45, 7) is 10.6. The van der Waals surface area contributed by atoms with Crippen molar-refractivity contribution >= 4 is 0 Å². The van der Waals surface area contributed by atoms with Gasteiger partial charge in [-0.15, -0.1) is 0 Å². The van der Waals surface area contributed by atoms with Gasteiger partial charge in [-0.2, -0.15) is 5.10 Å². The first-order chi connectivity index (χ1) is 8.52. The molecule has 1 N–H and O–H groups in total. The minimum Gasteiger partial charge on any atom is -0.319 e. The maximum Gasteiger partial charge on any atom is 0.141 e. The van der Waals surface area contributed by atoms with Crippen LogP contribution in [0.15, 0.2) is 6.33 Å². The highest BCUT2D eigenvalue weighted by molar-refractivity contribution is 4.84. The van der Waals surface area contributed by atoms with Crippen LogP contribution < -0.4 is 5.32 Å². The smallest absolute Gasteiger partial charge is 0.141 e. The highest BCUT2D eigenvalue weighted by Crippen LogP contribution is 2.05. The Morgan fingerprint density at radius 2 is 2.11 bits per heavy atom. The SMILES string of the molecule is CNCC(C)CN(C)Cc1ncnn1CC(C)C. The Balaban J connectivity index is 2.48. The van der Waals surface area contributed by atoms with Crippen LogP contribution in [-0.2, 0) is 13.1 Å². The van der Waals surface area contributed by atoms with Crippen molar-refractivity contribution in [2.45, 2.75) is 33.9 Å². The number of hydrogen-bond acceptors (Lipinski definition) is 4. The van der Waals surface area contributed by atoms with E-state index in [2.05, 4.69) is 48.1 Å². The van der Waals surface area contributed by atoms with Crippen molar-refractivity contribution in [2.75, 3.05) is 27.2 Å². The Hall–Kier alpha value is -0.940. The van der Waals surface area contributed by atoms with Gasteiger partial charge in [0.1, 0.15) is 12.2 Å². The van der Waals surface area contributed by atoms with Gasteiger partial charge in [0.25, 0.3) is 0 Å². The lowest BCUT2D eigenvalue weighted by Gasteiger charge is -2.21. The topological polar surface area (TPSA) is 46.0 Å². The summed E-state index contributed by atoms with van der Waals surface area (Å²) in [5.41, 5.74) is 0. The van der Waals surface area contributed by atoms with Gasteiger partial charge in [0.15, 0.2) is 0 Å². The van der Waals surface area contributed by atoms with E-state index in [1.165, 1.54) is 0 Å². The van der Waals surface area contributed by atoms with Gasteiger partial charge in [-0.3, -0.25) is 4.90 Å². The monoisotopic (exact) mass is 253 g/mol. The van der Waals surface area contributed by atoms with Crippen LogP contribution in [0.4, 0.5) is 0 Å². The van der Waals surface area contributed by atoms with E-state index in [0.29, 0.717) is 11.8 Å². The number of nitrogens with one attached hydrogen (secondary N) is 1. The molecule has 0 fully saturated rings. The summed E-state index contributed by atoms with van der Waals surface area (Å²) in [5.74, 6) is 2.29. The average Bonchev–Trinajstić information content (AvgIpc) is 2.64. The summed E-state index contributed by atoms with van der Waals surface area (Å²) >= 11 is 0. The predicted octanol–water partition coefficient (Wildman–Crippen LogP) is 1.22. The summed E-state index contributed by atoms with van der Waals surface area (Å²) in [6, 6.07) is 0. The number of rotatable bonds is 8. The fraction of sp³-hybridized carbons (Fsp3) is 0.846. The van der Waals surface area contributed by atoms with Crippen molar-refractivity contribution in [3.05, 3.63) is 12.2 Å². The molecule has 0 radical (unpaired) electrons. The second-order valence-electron chi connectivity index (χ2n) is 5.61. The van der Waals surface area contributed by atoms with Gasteiger partial charge in [0.05, 0.1) is 6.54 Å². The van der Waals surface area contributed by atoms with E-state index in [4.69, 9.17) is 0 Å². The molecule has 0 aliphatic carbocycles. The average molecular weight is 253 g/mol. The number of hydrogen-bond donors (Lipinski definition) is 1. The highest BCUT2D eigenvalue weighted by Gasteiger charge is 2.11. The van der Waals surface area contributed by atoms with Crippen molar-refractivity contribution in [1.29, 1.82) is 0 Å². The van der Waals surface area contributed by atoms with Crippen molar-refractivity contribution in [1.82, 2.24) is 25.0 Å². The first-order valence-corrected chi connectivity index (χ1v) is 6.72. The second-order valence-corrected chi connectivity index (χ2v) is 5.61. The van der Waals surface area contributed by atoms with E-state index in [9.17, 15) is 0 Å². The van der Waals surface area contributed by atoms with Gasteiger partial charge in [-0.05, 0) is 32.5 Å². The van der Waals surface area contributed by atoms with Gasteiger partial charge in [-0.25, -0.2) is 9.67 Å². The zero-order valence-corrected chi connectivity index (χ0v) is 12.3. The molecular formula is C13H27N5. The fourth-order valence-corrected chi connectivity index (χ4v) is 2.16. The zero-order chi connectivity index (χ0) is 13.5. The fourth-order valence-electron chi connectivity index (χ4n) is 2.16. The minimum absolute atomic E-state index is 0.596. The molecule has 0 spiro atoms. The maximum atomic E-state index is 4.36. The molecular weight excluding hydrogens is 226 g/mol. The molecule has 0 aliphatic rings. The molecule has 104 valence electrons. The summed E-state index contributed by atoms with van der Waals surface area (Å²) in [5, 5.41) is 7.50.